The Morgan fingerprint density at radius 3 is 2.00 bits per heavy atom. The summed E-state index contributed by atoms with van der Waals surface area (Å²) in [6, 6.07) is 0. The van der Waals surface area contributed by atoms with Crippen molar-refractivity contribution in [3.05, 3.63) is 0 Å². The number of hydrogen-bond donors (Lipinski definition) is 1. The summed E-state index contributed by atoms with van der Waals surface area (Å²) >= 11 is 0. The van der Waals surface area contributed by atoms with Gasteiger partial charge in [-0.15, -0.1) is 0 Å². The quantitative estimate of drug-likeness (QED) is 0.410. The molecular formula is H5KO3P2. The molecule has 2 unspecified atom stereocenters. The molecule has 1 N–H and O–H groups in total. The summed E-state index contributed by atoms with van der Waals surface area (Å²) in [4.78, 5) is 7.66. The summed E-state index contributed by atoms with van der Waals surface area (Å²) in [5.41, 5.74) is 0. The van der Waals surface area contributed by atoms with Gasteiger partial charge < -0.3 is 4.89 Å². The van der Waals surface area contributed by atoms with Crippen LogP contribution in [0.5, 0.6) is 0 Å². The molecule has 0 aliphatic rings. The molecule has 0 rings (SSSR count). The van der Waals surface area contributed by atoms with E-state index in [0.29, 0.717) is 0 Å². The molecule has 0 saturated carbocycles. The van der Waals surface area contributed by atoms with Crippen molar-refractivity contribution in [2.45, 2.75) is 0 Å². The van der Waals surface area contributed by atoms with Gasteiger partial charge in [-0.1, -0.05) is 0 Å². The van der Waals surface area contributed by atoms with Crippen molar-refractivity contribution in [2.24, 2.45) is 0 Å². The standard InChI is InChI=1S/K.H4O3P2.H/c;1-5(2)3-4;/h;5H,4H2,(H,1,2);. The Bertz CT molecular complexity index is 44.1. The van der Waals surface area contributed by atoms with Crippen LogP contribution >= 0.6 is 17.7 Å². The van der Waals surface area contributed by atoms with Gasteiger partial charge in [-0.2, -0.15) is 0 Å². The second-order valence-corrected chi connectivity index (χ2v) is 1.86. The average Bonchev–Trinajstić information content (AvgIpc) is 1.38. The molecule has 3 nitrogen and oxygen atoms in total. The molecule has 6 heteroatoms. The third-order valence-electron chi connectivity index (χ3n) is 0.101. The van der Waals surface area contributed by atoms with Crippen molar-refractivity contribution in [1.82, 2.24) is 0 Å². The molecule has 0 amide bonds. The predicted molar refractivity (Wildman–Crippen MR) is 29.2 cm³/mol. The first kappa shape index (κ1) is 11.1. The monoisotopic (exact) mass is 154 g/mol. The Morgan fingerprint density at radius 1 is 1.83 bits per heavy atom. The molecule has 0 aromatic rings. The minimum absolute atomic E-state index is 0. The van der Waals surface area contributed by atoms with E-state index >= 15 is 0 Å². The second-order valence-electron chi connectivity index (χ2n) is 0.384. The zero-order valence-corrected chi connectivity index (χ0v) is 4.50. The Kier molecular flexibility index (Phi) is 13.3. The van der Waals surface area contributed by atoms with E-state index in [4.69, 9.17) is 4.89 Å². The minimum atomic E-state index is -2.66. The van der Waals surface area contributed by atoms with Gasteiger partial charge in [0.15, 0.2) is 0 Å². The maximum absolute atomic E-state index is 9.31. The summed E-state index contributed by atoms with van der Waals surface area (Å²) in [6.07, 6.45) is 0. The molecular weight excluding hydrogens is 149 g/mol. The van der Waals surface area contributed by atoms with Crippen LogP contribution in [0.4, 0.5) is 0 Å². The molecule has 0 heterocycles. The Balaban J connectivity index is 0. The van der Waals surface area contributed by atoms with Crippen LogP contribution in [0.15, 0.2) is 0 Å². The Hall–Kier alpha value is 2.22. The van der Waals surface area contributed by atoms with Gasteiger partial charge in [-0.25, -0.2) is 0 Å². The van der Waals surface area contributed by atoms with Crippen LogP contribution in [0.25, 0.3) is 0 Å². The van der Waals surface area contributed by atoms with E-state index in [1.54, 1.807) is 9.47 Å². The zero-order chi connectivity index (χ0) is 4.28. The fourth-order valence-electron chi connectivity index (χ4n) is 0. The molecule has 0 bridgehead atoms. The van der Waals surface area contributed by atoms with Crippen molar-refractivity contribution in [2.75, 3.05) is 0 Å². The molecule has 0 radical (unpaired) electrons. The molecule has 2 atom stereocenters. The number of rotatable bonds is 1. The number of hydrogen-bond acceptors (Lipinski definition) is 2. The van der Waals surface area contributed by atoms with Crippen molar-refractivity contribution < 1.29 is 13.8 Å². The predicted octanol–water partition coefficient (Wildman–Crippen LogP) is -0.473. The third-order valence-corrected chi connectivity index (χ3v) is 0.907. The van der Waals surface area contributed by atoms with E-state index < -0.39 is 8.25 Å². The molecule has 34 valence electrons. The van der Waals surface area contributed by atoms with Crippen molar-refractivity contribution >= 4 is 69.1 Å². The molecule has 0 aliphatic heterocycles. The molecule has 0 spiro atoms. The van der Waals surface area contributed by atoms with Gasteiger partial charge in [0.25, 0.3) is 0 Å². The molecule has 0 aliphatic carbocycles. The molecule has 0 aromatic carbocycles. The topological polar surface area (TPSA) is 46.5 Å². The van der Waals surface area contributed by atoms with Crippen LogP contribution in [-0.2, 0) is 8.88 Å². The van der Waals surface area contributed by atoms with Gasteiger partial charge in [0.05, 0.1) is 0 Å². The summed E-state index contributed by atoms with van der Waals surface area (Å²) < 4.78 is 13.1. The van der Waals surface area contributed by atoms with Crippen LogP contribution in [0, 0.1) is 0 Å². The van der Waals surface area contributed by atoms with Gasteiger partial charge in [0, 0.05) is 9.47 Å². The Morgan fingerprint density at radius 2 is 2.00 bits per heavy atom. The van der Waals surface area contributed by atoms with E-state index in [-0.39, 0.29) is 51.4 Å². The normalized spacial score (nSPS) is 12.3. The van der Waals surface area contributed by atoms with Gasteiger partial charge >= 0.3 is 59.6 Å². The summed E-state index contributed by atoms with van der Waals surface area (Å²) in [5.74, 6) is 0. The van der Waals surface area contributed by atoms with E-state index in [1.165, 1.54) is 0 Å². The van der Waals surface area contributed by atoms with Gasteiger partial charge in [0.2, 0.25) is 0 Å². The van der Waals surface area contributed by atoms with Gasteiger partial charge in [-0.3, -0.25) is 8.88 Å². The molecule has 0 fully saturated rings. The third kappa shape index (κ3) is 9.51. The van der Waals surface area contributed by atoms with E-state index in [9.17, 15) is 4.57 Å². The fraction of sp³-hybridized carbons (Fsp3) is 0. The first-order valence-electron chi connectivity index (χ1n) is 0.868. The molecule has 6 heavy (non-hydrogen) atoms. The SMILES string of the molecule is O=[PH](O)OP.[KH]. The van der Waals surface area contributed by atoms with E-state index in [0.717, 1.165) is 0 Å². The fourth-order valence-corrected chi connectivity index (χ4v) is 0. The van der Waals surface area contributed by atoms with Gasteiger partial charge in [-0.05, 0) is 0 Å². The van der Waals surface area contributed by atoms with Crippen molar-refractivity contribution in [3.8, 4) is 0 Å². The first-order chi connectivity index (χ1) is 2.27. The van der Waals surface area contributed by atoms with Crippen LogP contribution < -0.4 is 0 Å². The van der Waals surface area contributed by atoms with E-state index in [1.807, 2.05) is 0 Å². The van der Waals surface area contributed by atoms with Crippen LogP contribution in [0.1, 0.15) is 0 Å². The average molecular weight is 154 g/mol. The summed E-state index contributed by atoms with van der Waals surface area (Å²) in [6.45, 7) is 0. The second kappa shape index (κ2) is 7.22. The Labute approximate surface area is 81.5 Å². The summed E-state index contributed by atoms with van der Waals surface area (Å²) in [5, 5.41) is 0. The van der Waals surface area contributed by atoms with Crippen LogP contribution in [-0.4, -0.2) is 56.3 Å². The maximum atomic E-state index is 9.31. The van der Waals surface area contributed by atoms with Crippen molar-refractivity contribution in [3.63, 3.8) is 0 Å². The van der Waals surface area contributed by atoms with Crippen LogP contribution in [0.2, 0.25) is 0 Å². The van der Waals surface area contributed by atoms with E-state index in [2.05, 4.69) is 4.31 Å². The molecule has 0 saturated heterocycles. The molecule has 0 aromatic heterocycles. The summed E-state index contributed by atoms with van der Waals surface area (Å²) in [7, 11) is -0.984. The van der Waals surface area contributed by atoms with Crippen molar-refractivity contribution in [1.29, 1.82) is 0 Å². The zero-order valence-electron chi connectivity index (χ0n) is 2.34. The van der Waals surface area contributed by atoms with Gasteiger partial charge in [0.1, 0.15) is 0 Å². The van der Waals surface area contributed by atoms with Crippen LogP contribution in [0.3, 0.4) is 0 Å². The first-order valence-corrected chi connectivity index (χ1v) is 2.60.